The second-order valence-electron chi connectivity index (χ2n) is 5.98. The number of likely N-dealkylation sites (N-methyl/N-ethyl adjacent to an activating group) is 1. The highest BCUT2D eigenvalue weighted by molar-refractivity contribution is 5.76. The number of rotatable bonds is 3. The van der Waals surface area contributed by atoms with E-state index in [1.807, 2.05) is 0 Å². The average molecular weight is 331 g/mol. The van der Waals surface area contributed by atoms with Crippen LogP contribution >= 0.6 is 0 Å². The van der Waals surface area contributed by atoms with Crippen LogP contribution in [0.3, 0.4) is 0 Å². The molecule has 2 rings (SSSR count). The zero-order valence-electron chi connectivity index (χ0n) is 13.1. The lowest BCUT2D eigenvalue weighted by Crippen LogP contribution is -2.50. The first kappa shape index (κ1) is 17.5. The number of halogens is 3. The van der Waals surface area contributed by atoms with Crippen molar-refractivity contribution in [2.75, 3.05) is 7.05 Å². The second-order valence-corrected chi connectivity index (χ2v) is 5.98. The van der Waals surface area contributed by atoms with E-state index >= 15 is 0 Å². The van der Waals surface area contributed by atoms with Crippen LogP contribution in [0, 0.1) is 12.8 Å². The minimum atomic E-state index is -4.32. The monoisotopic (exact) mass is 331 g/mol. The molecule has 0 bridgehead atoms. The van der Waals surface area contributed by atoms with Gasteiger partial charge in [0.05, 0.1) is 11.6 Å². The molecule has 1 aromatic heterocycles. The van der Waals surface area contributed by atoms with Crippen LogP contribution in [-0.2, 0) is 11.3 Å². The molecule has 2 atom stereocenters. The molecule has 1 aliphatic rings. The maximum Gasteiger partial charge on any atom is 0.393 e. The number of aryl methyl sites for hydroxylation is 1. The highest BCUT2D eigenvalue weighted by atomic mass is 19.4. The summed E-state index contributed by atoms with van der Waals surface area (Å²) in [7, 11) is 1.37. The van der Waals surface area contributed by atoms with Crippen molar-refractivity contribution in [1.29, 1.82) is 0 Å². The largest absolute Gasteiger partial charge is 0.393 e. The summed E-state index contributed by atoms with van der Waals surface area (Å²) in [6, 6.07) is 1.93. The number of hydrogen-bond donors (Lipinski definition) is 0. The van der Waals surface area contributed by atoms with Crippen LogP contribution in [0.4, 0.5) is 13.2 Å². The lowest BCUT2D eigenvalue weighted by atomic mass is 9.83. The second kappa shape index (κ2) is 6.72. The summed E-state index contributed by atoms with van der Waals surface area (Å²) in [6.07, 6.45) is -2.78. The molecule has 1 amide bonds. The standard InChI is InChI=1S/C15H20F3N3O2/c1-10-7-8-13(22)21(19-10)9-14(23)20(2)12-6-4-3-5-11(12)15(16,17)18/h7-8,11-12H,3-6,9H2,1-2H3/t11-,12+/m1/s1. The Kier molecular flexibility index (Phi) is 5.11. The van der Waals surface area contributed by atoms with Crippen LogP contribution in [0.1, 0.15) is 31.4 Å². The fourth-order valence-corrected chi connectivity index (χ4v) is 3.05. The van der Waals surface area contributed by atoms with Crippen molar-refractivity contribution < 1.29 is 18.0 Å². The molecule has 1 aliphatic carbocycles. The Hall–Kier alpha value is -1.86. The first-order valence-electron chi connectivity index (χ1n) is 7.57. The molecular formula is C15H20F3N3O2. The minimum absolute atomic E-state index is 0.0361. The predicted molar refractivity (Wildman–Crippen MR) is 77.8 cm³/mol. The molecule has 0 spiro atoms. The molecule has 0 radical (unpaired) electrons. The molecule has 1 heterocycles. The Labute approximate surface area is 132 Å². The van der Waals surface area contributed by atoms with Gasteiger partial charge in [-0.25, -0.2) is 4.68 Å². The van der Waals surface area contributed by atoms with E-state index in [1.165, 1.54) is 19.2 Å². The fraction of sp³-hybridized carbons (Fsp3) is 0.667. The molecule has 0 saturated heterocycles. The SMILES string of the molecule is Cc1ccc(=O)n(CC(=O)N(C)[C@H]2CCCC[C@H]2C(F)(F)F)n1. The Bertz CT molecular complexity index is 627. The molecule has 1 fully saturated rings. The first-order valence-corrected chi connectivity index (χ1v) is 7.57. The normalized spacial score (nSPS) is 22.0. The van der Waals surface area contributed by atoms with E-state index in [1.54, 1.807) is 6.92 Å². The van der Waals surface area contributed by atoms with Crippen molar-refractivity contribution in [3.8, 4) is 0 Å². The number of carbonyl (C=O) groups excluding carboxylic acids is 1. The number of nitrogens with zero attached hydrogens (tertiary/aromatic N) is 3. The molecule has 0 N–H and O–H groups in total. The summed E-state index contributed by atoms with van der Waals surface area (Å²) in [5, 5.41) is 3.94. The molecule has 0 aliphatic heterocycles. The Morgan fingerprint density at radius 2 is 2.00 bits per heavy atom. The fourth-order valence-electron chi connectivity index (χ4n) is 3.05. The molecule has 1 aromatic rings. The van der Waals surface area contributed by atoms with Gasteiger partial charge in [0.25, 0.3) is 5.56 Å². The van der Waals surface area contributed by atoms with Crippen LogP contribution in [0.5, 0.6) is 0 Å². The minimum Gasteiger partial charge on any atom is -0.341 e. The van der Waals surface area contributed by atoms with E-state index in [9.17, 15) is 22.8 Å². The van der Waals surface area contributed by atoms with Gasteiger partial charge >= 0.3 is 6.18 Å². The van der Waals surface area contributed by atoms with E-state index in [0.29, 0.717) is 25.0 Å². The number of hydrogen-bond acceptors (Lipinski definition) is 3. The van der Waals surface area contributed by atoms with Crippen LogP contribution in [0.2, 0.25) is 0 Å². The van der Waals surface area contributed by atoms with Crippen molar-refractivity contribution in [2.24, 2.45) is 5.92 Å². The van der Waals surface area contributed by atoms with E-state index in [4.69, 9.17) is 0 Å². The molecule has 0 aromatic carbocycles. The van der Waals surface area contributed by atoms with Gasteiger partial charge < -0.3 is 4.90 Å². The summed E-state index contributed by atoms with van der Waals surface area (Å²) < 4.78 is 40.4. The quantitative estimate of drug-likeness (QED) is 0.853. The molecule has 23 heavy (non-hydrogen) atoms. The molecule has 1 saturated carbocycles. The topological polar surface area (TPSA) is 55.2 Å². The zero-order valence-corrected chi connectivity index (χ0v) is 13.1. The zero-order chi connectivity index (χ0) is 17.2. The van der Waals surface area contributed by atoms with Gasteiger partial charge in [0.2, 0.25) is 5.91 Å². The van der Waals surface area contributed by atoms with E-state index < -0.39 is 29.6 Å². The third-order valence-corrected chi connectivity index (χ3v) is 4.33. The lowest BCUT2D eigenvalue weighted by molar-refractivity contribution is -0.199. The summed E-state index contributed by atoms with van der Waals surface area (Å²) in [4.78, 5) is 25.1. The lowest BCUT2D eigenvalue weighted by Gasteiger charge is -2.38. The van der Waals surface area contributed by atoms with Crippen molar-refractivity contribution in [1.82, 2.24) is 14.7 Å². The van der Waals surface area contributed by atoms with Gasteiger partial charge in [-0.05, 0) is 25.8 Å². The van der Waals surface area contributed by atoms with Gasteiger partial charge in [-0.15, -0.1) is 0 Å². The van der Waals surface area contributed by atoms with Gasteiger partial charge in [-0.1, -0.05) is 12.8 Å². The molecule has 128 valence electrons. The number of amides is 1. The highest BCUT2D eigenvalue weighted by Crippen LogP contribution is 2.39. The maximum atomic E-state index is 13.2. The Morgan fingerprint density at radius 3 is 2.65 bits per heavy atom. The highest BCUT2D eigenvalue weighted by Gasteiger charge is 2.47. The van der Waals surface area contributed by atoms with Gasteiger partial charge in [0.15, 0.2) is 0 Å². The van der Waals surface area contributed by atoms with Crippen molar-refractivity contribution in [3.05, 3.63) is 28.2 Å². The first-order chi connectivity index (χ1) is 10.7. The third kappa shape index (κ3) is 4.11. The van der Waals surface area contributed by atoms with E-state index in [2.05, 4.69) is 5.10 Å². The summed E-state index contributed by atoms with van der Waals surface area (Å²) in [5.74, 6) is -2.04. The Balaban J connectivity index is 2.14. The number of alkyl halides is 3. The smallest absolute Gasteiger partial charge is 0.341 e. The molecule has 5 nitrogen and oxygen atoms in total. The van der Waals surface area contributed by atoms with Crippen LogP contribution in [-0.4, -0.2) is 39.9 Å². The molecule has 0 unspecified atom stereocenters. The van der Waals surface area contributed by atoms with Gasteiger partial charge in [-0.2, -0.15) is 18.3 Å². The van der Waals surface area contributed by atoms with E-state index in [-0.39, 0.29) is 13.0 Å². The van der Waals surface area contributed by atoms with Gasteiger partial charge in [0, 0.05) is 19.2 Å². The third-order valence-electron chi connectivity index (χ3n) is 4.33. The van der Waals surface area contributed by atoms with Gasteiger partial charge in [-0.3, -0.25) is 9.59 Å². The van der Waals surface area contributed by atoms with Crippen LogP contribution in [0.25, 0.3) is 0 Å². The van der Waals surface area contributed by atoms with Crippen molar-refractivity contribution in [3.63, 3.8) is 0 Å². The molecule has 8 heteroatoms. The van der Waals surface area contributed by atoms with Crippen molar-refractivity contribution >= 4 is 5.91 Å². The summed E-state index contributed by atoms with van der Waals surface area (Å²) in [6.45, 7) is 1.32. The summed E-state index contributed by atoms with van der Waals surface area (Å²) >= 11 is 0. The number of carbonyl (C=O) groups is 1. The maximum absolute atomic E-state index is 13.2. The van der Waals surface area contributed by atoms with Crippen LogP contribution in [0.15, 0.2) is 16.9 Å². The van der Waals surface area contributed by atoms with Crippen molar-refractivity contribution in [2.45, 2.75) is 51.4 Å². The predicted octanol–water partition coefficient (Wildman–Crippen LogP) is 2.13. The van der Waals surface area contributed by atoms with E-state index in [0.717, 1.165) is 9.58 Å². The molecular weight excluding hydrogens is 311 g/mol. The average Bonchev–Trinajstić information content (AvgIpc) is 2.49. The Morgan fingerprint density at radius 1 is 1.35 bits per heavy atom. The van der Waals surface area contributed by atoms with Crippen LogP contribution < -0.4 is 5.56 Å². The summed E-state index contributed by atoms with van der Waals surface area (Å²) in [5.41, 5.74) is 0.110. The number of aromatic nitrogens is 2. The van der Waals surface area contributed by atoms with Gasteiger partial charge in [0.1, 0.15) is 6.54 Å².